The summed E-state index contributed by atoms with van der Waals surface area (Å²) in [7, 11) is 0. The Morgan fingerprint density at radius 2 is 1.85 bits per heavy atom. The van der Waals surface area contributed by atoms with Crippen LogP contribution in [0.25, 0.3) is 0 Å². The predicted octanol–water partition coefficient (Wildman–Crippen LogP) is 3.47. The van der Waals surface area contributed by atoms with Gasteiger partial charge in [-0.1, -0.05) is 44.2 Å². The average molecular weight is 539 g/mol. The van der Waals surface area contributed by atoms with Crippen molar-refractivity contribution in [2.45, 2.75) is 58.9 Å². The Balaban J connectivity index is 1.46. The Labute approximate surface area is 233 Å². The molecule has 2 bridgehead atoms. The molecule has 1 N–H and O–H groups in total. The summed E-state index contributed by atoms with van der Waals surface area (Å²) in [6.45, 7) is 9.86. The van der Waals surface area contributed by atoms with Gasteiger partial charge in [0.25, 0.3) is 0 Å². The van der Waals surface area contributed by atoms with Gasteiger partial charge in [-0.25, -0.2) is 0 Å². The van der Waals surface area contributed by atoms with Crippen molar-refractivity contribution in [1.29, 1.82) is 0 Å². The summed E-state index contributed by atoms with van der Waals surface area (Å²) in [6, 6.07) is 7.75. The molecule has 4 rings (SSSR count). The van der Waals surface area contributed by atoms with Crippen molar-refractivity contribution >= 4 is 17.7 Å². The molecule has 2 atom stereocenters. The number of carbonyl (C=O) groups excluding carboxylic acids is 3. The van der Waals surface area contributed by atoms with Crippen molar-refractivity contribution in [3.8, 4) is 5.75 Å². The molecule has 3 aliphatic rings. The number of amides is 3. The molecule has 0 aliphatic carbocycles. The molecule has 2 saturated heterocycles. The number of hydrogen-bond donors (Lipinski definition) is 1. The maximum absolute atomic E-state index is 13.5. The maximum atomic E-state index is 13.5. The highest BCUT2D eigenvalue weighted by molar-refractivity contribution is 5.86. The van der Waals surface area contributed by atoms with Crippen LogP contribution in [0.5, 0.6) is 5.75 Å². The van der Waals surface area contributed by atoms with Crippen molar-refractivity contribution < 1.29 is 19.1 Å². The molecule has 0 spiro atoms. The van der Waals surface area contributed by atoms with Gasteiger partial charge >= 0.3 is 0 Å². The Hall–Kier alpha value is -2.87. The lowest BCUT2D eigenvalue weighted by Gasteiger charge is -2.38. The van der Waals surface area contributed by atoms with E-state index in [1.807, 2.05) is 49.1 Å². The fraction of sp³-hybridized carbons (Fsp3) is 0.645. The first-order valence-electron chi connectivity index (χ1n) is 14.9. The molecule has 3 aliphatic heterocycles. The normalized spacial score (nSPS) is 22.5. The zero-order valence-electron chi connectivity index (χ0n) is 23.8. The van der Waals surface area contributed by atoms with Gasteiger partial charge in [-0.15, -0.1) is 0 Å². The average Bonchev–Trinajstić information content (AvgIpc) is 3.46. The topological polar surface area (TPSA) is 82.2 Å². The molecule has 39 heavy (non-hydrogen) atoms. The number of hydrogen-bond acceptors (Lipinski definition) is 5. The summed E-state index contributed by atoms with van der Waals surface area (Å²) in [5.41, 5.74) is 0.902. The third kappa shape index (κ3) is 8.07. The van der Waals surface area contributed by atoms with Crippen LogP contribution in [-0.2, 0) is 20.9 Å². The van der Waals surface area contributed by atoms with Gasteiger partial charge in [-0.3, -0.25) is 14.4 Å². The van der Waals surface area contributed by atoms with Gasteiger partial charge in [0.15, 0.2) is 0 Å². The third-order valence-electron chi connectivity index (χ3n) is 8.58. The number of fused-ring (bicyclic) bond motifs is 3. The summed E-state index contributed by atoms with van der Waals surface area (Å²) >= 11 is 0. The van der Waals surface area contributed by atoms with E-state index in [0.29, 0.717) is 39.2 Å². The summed E-state index contributed by atoms with van der Waals surface area (Å²) in [5.74, 6) is 0.931. The van der Waals surface area contributed by atoms with Gasteiger partial charge in [0.05, 0.1) is 0 Å². The molecule has 8 heteroatoms. The van der Waals surface area contributed by atoms with Crippen LogP contribution in [0.1, 0.15) is 57.9 Å². The van der Waals surface area contributed by atoms with E-state index >= 15 is 0 Å². The number of nitrogens with zero attached hydrogens (tertiary/aromatic N) is 3. The van der Waals surface area contributed by atoms with E-state index in [1.165, 1.54) is 12.8 Å². The molecule has 0 radical (unpaired) electrons. The quantitative estimate of drug-likeness (QED) is 0.513. The first kappa shape index (κ1) is 29.1. The first-order valence-corrected chi connectivity index (χ1v) is 14.9. The van der Waals surface area contributed by atoms with Gasteiger partial charge in [-0.05, 0) is 63.1 Å². The van der Waals surface area contributed by atoms with Crippen LogP contribution in [0.15, 0.2) is 36.4 Å². The zero-order valence-corrected chi connectivity index (χ0v) is 23.8. The third-order valence-corrected chi connectivity index (χ3v) is 8.58. The smallest absolute Gasteiger partial charge is 0.242 e. The lowest BCUT2D eigenvalue weighted by atomic mass is 9.82. The molecule has 1 aromatic carbocycles. The molecule has 3 amide bonds. The number of ether oxygens (including phenoxy) is 1. The fourth-order valence-electron chi connectivity index (χ4n) is 6.12. The highest BCUT2D eigenvalue weighted by atomic mass is 16.5. The van der Waals surface area contributed by atoms with Gasteiger partial charge in [0, 0.05) is 50.6 Å². The highest BCUT2D eigenvalue weighted by Crippen LogP contribution is 2.29. The molecule has 2 fully saturated rings. The number of piperidine rings is 1. The van der Waals surface area contributed by atoms with Crippen molar-refractivity contribution in [1.82, 2.24) is 20.0 Å². The lowest BCUT2D eigenvalue weighted by Crippen LogP contribution is -2.49. The second-order valence-corrected chi connectivity index (χ2v) is 11.2. The minimum atomic E-state index is -0.106. The van der Waals surface area contributed by atoms with Crippen LogP contribution in [-0.4, -0.2) is 84.8 Å². The number of likely N-dealkylation sites (tertiary alicyclic amines) is 1. The van der Waals surface area contributed by atoms with Crippen LogP contribution in [0.4, 0.5) is 0 Å². The largest absolute Gasteiger partial charge is 0.489 e. The Kier molecular flexibility index (Phi) is 10.8. The fourth-order valence-corrected chi connectivity index (χ4v) is 6.12. The van der Waals surface area contributed by atoms with E-state index in [1.54, 1.807) is 4.90 Å². The number of carbonyl (C=O) groups is 3. The standard InChI is InChI=1S/C31H46N4O4/c1-3-24(4-2)31(38)35-22-27-10-5-6-12-28(27)39-19-9-11-26-21-34(30(37)23-35)17-13-25(26)20-29(36)32-14-18-33-15-7-8-16-33/h5-6,9-12,24-26H,3-4,7-8,13-23H2,1-2H3,(H,32,36)/t25-,26-/m0/s1. The minimum Gasteiger partial charge on any atom is -0.489 e. The molecule has 0 aromatic heterocycles. The Bertz CT molecular complexity index is 1000. The Morgan fingerprint density at radius 3 is 2.62 bits per heavy atom. The van der Waals surface area contributed by atoms with E-state index < -0.39 is 0 Å². The molecule has 8 nitrogen and oxygen atoms in total. The van der Waals surface area contributed by atoms with Crippen LogP contribution in [0.3, 0.4) is 0 Å². The SMILES string of the molecule is CCC(CC)C(=O)N1CC(=O)N2CC[C@@H](CC(=O)NCCN3CCCC3)[C@@H](C=CCOc3ccccc3C1)C2. The molecule has 1 aromatic rings. The van der Waals surface area contributed by atoms with Crippen molar-refractivity contribution in [2.24, 2.45) is 17.8 Å². The molecular formula is C31H46N4O4. The first-order chi connectivity index (χ1) is 19.0. The van der Waals surface area contributed by atoms with Gasteiger partial charge in [0.1, 0.15) is 18.9 Å². The monoisotopic (exact) mass is 538 g/mol. The van der Waals surface area contributed by atoms with Crippen molar-refractivity contribution in [2.75, 3.05) is 52.4 Å². The predicted molar refractivity (Wildman–Crippen MR) is 152 cm³/mol. The maximum Gasteiger partial charge on any atom is 0.242 e. The molecular weight excluding hydrogens is 492 g/mol. The number of rotatable bonds is 8. The van der Waals surface area contributed by atoms with Crippen LogP contribution in [0.2, 0.25) is 0 Å². The van der Waals surface area contributed by atoms with Gasteiger partial charge in [0.2, 0.25) is 17.7 Å². The van der Waals surface area contributed by atoms with E-state index in [-0.39, 0.29) is 42.0 Å². The number of benzene rings is 1. The molecule has 3 heterocycles. The van der Waals surface area contributed by atoms with Gasteiger partial charge in [-0.2, -0.15) is 0 Å². The molecule has 214 valence electrons. The van der Waals surface area contributed by atoms with E-state index in [4.69, 9.17) is 4.74 Å². The van der Waals surface area contributed by atoms with E-state index in [9.17, 15) is 14.4 Å². The minimum absolute atomic E-state index is 0.0215. The van der Waals surface area contributed by atoms with Gasteiger partial charge < -0.3 is 24.8 Å². The highest BCUT2D eigenvalue weighted by Gasteiger charge is 2.33. The van der Waals surface area contributed by atoms with Crippen LogP contribution >= 0.6 is 0 Å². The number of para-hydroxylation sites is 1. The van der Waals surface area contributed by atoms with E-state index in [0.717, 1.165) is 50.2 Å². The lowest BCUT2D eigenvalue weighted by molar-refractivity contribution is -0.144. The van der Waals surface area contributed by atoms with Crippen molar-refractivity contribution in [3.63, 3.8) is 0 Å². The second-order valence-electron chi connectivity index (χ2n) is 11.2. The number of nitrogens with one attached hydrogen (secondary N) is 1. The Morgan fingerprint density at radius 1 is 1.08 bits per heavy atom. The second kappa shape index (κ2) is 14.5. The summed E-state index contributed by atoms with van der Waals surface area (Å²) in [6.07, 6.45) is 9.34. The summed E-state index contributed by atoms with van der Waals surface area (Å²) in [4.78, 5) is 45.8. The molecule has 0 unspecified atom stereocenters. The molecule has 0 saturated carbocycles. The van der Waals surface area contributed by atoms with E-state index in [2.05, 4.69) is 16.3 Å². The van der Waals surface area contributed by atoms with Crippen LogP contribution in [0, 0.1) is 17.8 Å². The summed E-state index contributed by atoms with van der Waals surface area (Å²) < 4.78 is 6.12. The van der Waals surface area contributed by atoms with Crippen LogP contribution < -0.4 is 10.1 Å². The summed E-state index contributed by atoms with van der Waals surface area (Å²) in [5, 5.41) is 3.11. The van der Waals surface area contributed by atoms with Crippen molar-refractivity contribution in [3.05, 3.63) is 42.0 Å². The zero-order chi connectivity index (χ0) is 27.6.